The molecule has 18 heavy (non-hydrogen) atoms. The predicted molar refractivity (Wildman–Crippen MR) is 74.5 cm³/mol. The Kier molecular flexibility index (Phi) is 5.83. The summed E-state index contributed by atoms with van der Waals surface area (Å²) in [4.78, 5) is 11.7. The predicted octanol–water partition coefficient (Wildman–Crippen LogP) is 3.17. The molecule has 5 nitrogen and oxygen atoms in total. The summed E-state index contributed by atoms with van der Waals surface area (Å²) < 4.78 is 21.5. The van der Waals surface area contributed by atoms with Gasteiger partial charge < -0.3 is 4.52 Å². The van der Waals surface area contributed by atoms with Crippen LogP contribution in [0.4, 0.5) is 0 Å². The minimum absolute atomic E-state index is 0.175. The van der Waals surface area contributed by atoms with Gasteiger partial charge in [0.15, 0.2) is 10.9 Å². The summed E-state index contributed by atoms with van der Waals surface area (Å²) in [7, 11) is 0. The van der Waals surface area contributed by atoms with E-state index < -0.39 is 12.3 Å². The highest BCUT2D eigenvalue weighted by Gasteiger charge is 2.35. The largest absolute Gasteiger partial charge is 0.415 e. The monoisotopic (exact) mass is 312 g/mol. The van der Waals surface area contributed by atoms with Crippen molar-refractivity contribution < 1.29 is 22.5 Å². The lowest BCUT2D eigenvalue weighted by Crippen LogP contribution is -2.34. The fraction of sp³-hybridized carbons (Fsp3) is 0.700. The van der Waals surface area contributed by atoms with E-state index in [2.05, 4.69) is 0 Å². The van der Waals surface area contributed by atoms with Gasteiger partial charge in [-0.2, -0.15) is 0 Å². The summed E-state index contributed by atoms with van der Waals surface area (Å²) in [6, 6.07) is 0. The van der Waals surface area contributed by atoms with Gasteiger partial charge in [0.1, 0.15) is 5.60 Å². The first-order valence-corrected chi connectivity index (χ1v) is 8.83. The highest BCUT2D eigenvalue weighted by atomic mass is 32.5. The SMILES string of the molecule is CCOP(=S)(OCC)OC1=CC(=O)C(C)(C)OS1. The van der Waals surface area contributed by atoms with E-state index in [1.807, 2.05) is 0 Å². The number of ketones is 1. The maximum Gasteiger partial charge on any atom is 0.381 e. The van der Waals surface area contributed by atoms with Gasteiger partial charge in [0.05, 0.1) is 25.3 Å². The molecule has 8 heteroatoms. The molecule has 0 aromatic carbocycles. The second-order valence-corrected chi connectivity index (χ2v) is 7.55. The number of carbonyl (C=O) groups excluding carboxylic acids is 1. The van der Waals surface area contributed by atoms with E-state index in [9.17, 15) is 4.79 Å². The molecule has 0 spiro atoms. The van der Waals surface area contributed by atoms with Crippen LogP contribution >= 0.6 is 18.8 Å². The highest BCUT2D eigenvalue weighted by molar-refractivity contribution is 8.08. The minimum atomic E-state index is -2.84. The third-order valence-electron chi connectivity index (χ3n) is 1.95. The van der Waals surface area contributed by atoms with E-state index >= 15 is 0 Å². The van der Waals surface area contributed by atoms with E-state index in [1.165, 1.54) is 6.08 Å². The molecule has 0 fully saturated rings. The molecule has 0 saturated carbocycles. The molecule has 0 radical (unpaired) electrons. The summed E-state index contributed by atoms with van der Waals surface area (Å²) in [5, 5.41) is 0.282. The average molecular weight is 312 g/mol. The van der Waals surface area contributed by atoms with Crippen molar-refractivity contribution >= 4 is 36.4 Å². The minimum Gasteiger partial charge on any atom is -0.415 e. The van der Waals surface area contributed by atoms with Crippen molar-refractivity contribution in [2.75, 3.05) is 13.2 Å². The fourth-order valence-corrected chi connectivity index (χ4v) is 4.09. The van der Waals surface area contributed by atoms with E-state index in [0.29, 0.717) is 13.2 Å². The molecule has 1 heterocycles. The maximum absolute atomic E-state index is 11.7. The zero-order valence-corrected chi connectivity index (χ0v) is 13.3. The van der Waals surface area contributed by atoms with Crippen LogP contribution in [-0.4, -0.2) is 24.6 Å². The molecule has 104 valence electrons. The molecule has 0 N–H and O–H groups in total. The first-order valence-electron chi connectivity index (χ1n) is 5.53. The van der Waals surface area contributed by atoms with Crippen molar-refractivity contribution in [3.63, 3.8) is 0 Å². The van der Waals surface area contributed by atoms with Crippen LogP contribution < -0.4 is 0 Å². The van der Waals surface area contributed by atoms with Crippen LogP contribution in [0, 0.1) is 0 Å². The Balaban J connectivity index is 2.78. The quantitative estimate of drug-likeness (QED) is 0.551. The fourth-order valence-electron chi connectivity index (χ4n) is 1.05. The molecule has 0 atom stereocenters. The summed E-state index contributed by atoms with van der Waals surface area (Å²) in [6.07, 6.45) is 1.37. The van der Waals surface area contributed by atoms with Crippen molar-refractivity contribution in [1.29, 1.82) is 0 Å². The Morgan fingerprint density at radius 3 is 2.39 bits per heavy atom. The zero-order valence-electron chi connectivity index (χ0n) is 10.8. The van der Waals surface area contributed by atoms with Crippen LogP contribution in [0.1, 0.15) is 27.7 Å². The molecular formula is C10H17O5PS2. The van der Waals surface area contributed by atoms with Crippen molar-refractivity contribution in [3.8, 4) is 0 Å². The third kappa shape index (κ3) is 4.33. The first-order chi connectivity index (χ1) is 8.33. The number of rotatable bonds is 6. The highest BCUT2D eigenvalue weighted by Crippen LogP contribution is 2.54. The van der Waals surface area contributed by atoms with Gasteiger partial charge in [0.25, 0.3) is 0 Å². The molecule has 0 amide bonds. The van der Waals surface area contributed by atoms with E-state index in [1.54, 1.807) is 27.7 Å². The van der Waals surface area contributed by atoms with Crippen LogP contribution in [0.5, 0.6) is 0 Å². The van der Waals surface area contributed by atoms with Gasteiger partial charge >= 0.3 is 6.72 Å². The van der Waals surface area contributed by atoms with Gasteiger partial charge in [-0.3, -0.25) is 18.0 Å². The van der Waals surface area contributed by atoms with Crippen molar-refractivity contribution in [3.05, 3.63) is 11.2 Å². The topological polar surface area (TPSA) is 54.0 Å². The standard InChI is InChI=1S/C10H17O5PS2/c1-5-12-16(17,13-6-2)14-9-7-8(11)10(3,4)15-18-9/h7H,5-6H2,1-4H3. The Hall–Kier alpha value is 0.0900. The third-order valence-corrected chi connectivity index (χ3v) is 5.36. The van der Waals surface area contributed by atoms with Gasteiger partial charge in [0, 0.05) is 17.9 Å². The Morgan fingerprint density at radius 1 is 1.39 bits per heavy atom. The Bertz CT molecular complexity index is 384. The molecule has 1 aliphatic rings. The van der Waals surface area contributed by atoms with Crippen LogP contribution in [-0.2, 0) is 34.4 Å². The summed E-state index contributed by atoms with van der Waals surface area (Å²) >= 11 is 6.17. The molecule has 0 unspecified atom stereocenters. The van der Waals surface area contributed by atoms with Crippen molar-refractivity contribution in [1.82, 2.24) is 0 Å². The molecule has 0 bridgehead atoms. The molecule has 0 aromatic heterocycles. The lowest BCUT2D eigenvalue weighted by atomic mass is 10.0. The number of hydrogen-bond donors (Lipinski definition) is 0. The van der Waals surface area contributed by atoms with Gasteiger partial charge in [-0.15, -0.1) is 0 Å². The summed E-state index contributed by atoms with van der Waals surface area (Å²) in [6.45, 7) is 4.91. The van der Waals surface area contributed by atoms with E-state index in [-0.39, 0.29) is 10.9 Å². The molecular weight excluding hydrogens is 295 g/mol. The van der Waals surface area contributed by atoms with E-state index in [0.717, 1.165) is 12.0 Å². The Labute approximate surface area is 117 Å². The van der Waals surface area contributed by atoms with Gasteiger partial charge in [-0.1, -0.05) is 0 Å². The summed E-state index contributed by atoms with van der Waals surface area (Å²) in [5.41, 5.74) is -0.850. The van der Waals surface area contributed by atoms with Crippen LogP contribution in [0.25, 0.3) is 0 Å². The number of carbonyl (C=O) groups is 1. The van der Waals surface area contributed by atoms with Crippen molar-refractivity contribution in [2.24, 2.45) is 0 Å². The molecule has 0 aromatic rings. The molecule has 0 aliphatic carbocycles. The lowest BCUT2D eigenvalue weighted by Gasteiger charge is -2.28. The van der Waals surface area contributed by atoms with Gasteiger partial charge in [0.2, 0.25) is 0 Å². The van der Waals surface area contributed by atoms with Crippen LogP contribution in [0.15, 0.2) is 11.2 Å². The smallest absolute Gasteiger partial charge is 0.381 e. The first kappa shape index (κ1) is 16.1. The van der Waals surface area contributed by atoms with Crippen molar-refractivity contribution in [2.45, 2.75) is 33.3 Å². The Morgan fingerprint density at radius 2 is 1.94 bits per heavy atom. The van der Waals surface area contributed by atoms with Crippen LogP contribution in [0.3, 0.4) is 0 Å². The molecule has 1 aliphatic heterocycles. The maximum atomic E-state index is 11.7. The van der Waals surface area contributed by atoms with Gasteiger partial charge in [-0.25, -0.2) is 0 Å². The van der Waals surface area contributed by atoms with E-state index in [4.69, 9.17) is 29.6 Å². The second-order valence-electron chi connectivity index (χ2n) is 3.88. The molecule has 0 saturated heterocycles. The molecule has 1 rings (SSSR count). The average Bonchev–Trinajstić information content (AvgIpc) is 2.24. The second kappa shape index (κ2) is 6.50. The van der Waals surface area contributed by atoms with Gasteiger partial charge in [-0.05, 0) is 27.7 Å². The lowest BCUT2D eigenvalue weighted by molar-refractivity contribution is -0.126. The normalized spacial score (nSPS) is 19.6. The zero-order chi connectivity index (χ0) is 13.8. The van der Waals surface area contributed by atoms with Crippen LogP contribution in [0.2, 0.25) is 0 Å². The number of hydrogen-bond acceptors (Lipinski definition) is 7. The summed E-state index contributed by atoms with van der Waals surface area (Å²) in [5.74, 6) is -0.175.